The van der Waals surface area contributed by atoms with Crippen molar-refractivity contribution in [3.05, 3.63) is 52.8 Å². The summed E-state index contributed by atoms with van der Waals surface area (Å²) in [6.45, 7) is 0.677. The molecule has 104 valence electrons. The third-order valence-corrected chi connectivity index (χ3v) is 3.21. The number of benzene rings is 1. The average molecular weight is 279 g/mol. The molecule has 0 bridgehead atoms. The lowest BCUT2D eigenvalue weighted by Gasteiger charge is -2.17. The van der Waals surface area contributed by atoms with Crippen molar-refractivity contribution in [2.45, 2.75) is 12.7 Å². The number of nitrogens with one attached hydrogen (secondary N) is 2. The molecule has 1 aliphatic heterocycles. The number of alkyl halides is 3. The number of hydrogen-bond acceptors (Lipinski definition) is 2. The molecule has 1 aromatic carbocycles. The SMILES string of the molecule is FC(F)(F)c1[nH]nc2c1CNC/C2=C/c1ccccc1. The molecule has 0 saturated heterocycles. The maximum Gasteiger partial charge on any atom is 0.433 e. The molecule has 1 aliphatic rings. The fraction of sp³-hybridized carbons (Fsp3) is 0.214. The zero-order valence-electron chi connectivity index (χ0n) is 10.5. The van der Waals surface area contributed by atoms with E-state index in [0.29, 0.717) is 12.2 Å². The molecule has 20 heavy (non-hydrogen) atoms. The van der Waals surface area contributed by atoms with Gasteiger partial charge in [-0.15, -0.1) is 0 Å². The zero-order chi connectivity index (χ0) is 14.2. The summed E-state index contributed by atoms with van der Waals surface area (Å²) in [5, 5.41) is 8.95. The minimum Gasteiger partial charge on any atom is -0.308 e. The molecule has 3 nitrogen and oxygen atoms in total. The Morgan fingerprint density at radius 2 is 1.85 bits per heavy atom. The second-order valence-electron chi connectivity index (χ2n) is 4.61. The van der Waals surface area contributed by atoms with Crippen molar-refractivity contribution in [1.29, 1.82) is 0 Å². The second kappa shape index (κ2) is 4.79. The number of fused-ring (bicyclic) bond motifs is 1. The number of hydrogen-bond donors (Lipinski definition) is 2. The quantitative estimate of drug-likeness (QED) is 0.842. The highest BCUT2D eigenvalue weighted by Gasteiger charge is 2.38. The number of halogens is 3. The summed E-state index contributed by atoms with van der Waals surface area (Å²) < 4.78 is 38.5. The van der Waals surface area contributed by atoms with E-state index in [-0.39, 0.29) is 12.1 Å². The Morgan fingerprint density at radius 1 is 1.10 bits per heavy atom. The van der Waals surface area contributed by atoms with Crippen LogP contribution in [0.1, 0.15) is 22.5 Å². The first-order valence-corrected chi connectivity index (χ1v) is 6.17. The largest absolute Gasteiger partial charge is 0.433 e. The highest BCUT2D eigenvalue weighted by Crippen LogP contribution is 2.35. The average Bonchev–Trinajstić information content (AvgIpc) is 2.85. The fourth-order valence-electron chi connectivity index (χ4n) is 2.31. The van der Waals surface area contributed by atoms with Gasteiger partial charge in [0, 0.05) is 18.7 Å². The van der Waals surface area contributed by atoms with Crippen LogP contribution >= 0.6 is 0 Å². The summed E-state index contributed by atoms with van der Waals surface area (Å²) in [5.74, 6) is 0. The molecule has 0 aliphatic carbocycles. The molecular weight excluding hydrogens is 267 g/mol. The van der Waals surface area contributed by atoms with Gasteiger partial charge in [0.05, 0.1) is 5.69 Å². The predicted octanol–water partition coefficient (Wildman–Crippen LogP) is 3.07. The number of nitrogens with zero attached hydrogens (tertiary/aromatic N) is 1. The summed E-state index contributed by atoms with van der Waals surface area (Å²) in [5.41, 5.74) is 1.52. The highest BCUT2D eigenvalue weighted by molar-refractivity contribution is 5.83. The maximum atomic E-state index is 12.8. The molecule has 0 atom stereocenters. The minimum atomic E-state index is -4.41. The molecule has 0 saturated carbocycles. The Hall–Kier alpha value is -2.08. The van der Waals surface area contributed by atoms with Crippen LogP contribution in [-0.4, -0.2) is 16.7 Å². The maximum absolute atomic E-state index is 12.8. The first-order valence-electron chi connectivity index (χ1n) is 6.17. The standard InChI is InChI=1S/C14H12F3N3/c15-14(16,17)13-11-8-18-7-10(12(11)19-20-13)6-9-4-2-1-3-5-9/h1-6,18H,7-8H2,(H,19,20)/b10-6-. The third kappa shape index (κ3) is 2.34. The van der Waals surface area contributed by atoms with E-state index in [1.807, 2.05) is 36.4 Å². The Morgan fingerprint density at radius 3 is 2.55 bits per heavy atom. The van der Waals surface area contributed by atoms with E-state index in [0.717, 1.165) is 11.1 Å². The van der Waals surface area contributed by atoms with Gasteiger partial charge < -0.3 is 5.32 Å². The van der Waals surface area contributed by atoms with Crippen molar-refractivity contribution in [1.82, 2.24) is 15.5 Å². The van der Waals surface area contributed by atoms with E-state index in [4.69, 9.17) is 0 Å². The van der Waals surface area contributed by atoms with Crippen molar-refractivity contribution in [2.24, 2.45) is 0 Å². The molecule has 3 rings (SSSR count). The molecule has 2 aromatic rings. The minimum absolute atomic E-state index is 0.173. The van der Waals surface area contributed by atoms with E-state index in [1.54, 1.807) is 0 Å². The molecular formula is C14H12F3N3. The molecule has 2 heterocycles. The lowest BCUT2D eigenvalue weighted by atomic mass is 9.99. The molecule has 0 radical (unpaired) electrons. The first-order chi connectivity index (χ1) is 9.55. The monoisotopic (exact) mass is 279 g/mol. The first kappa shape index (κ1) is 12.9. The van der Waals surface area contributed by atoms with E-state index >= 15 is 0 Å². The molecule has 2 N–H and O–H groups in total. The summed E-state index contributed by atoms with van der Waals surface area (Å²) in [4.78, 5) is 0. The van der Waals surface area contributed by atoms with Gasteiger partial charge in [-0.25, -0.2) is 0 Å². The number of H-pyrrole nitrogens is 1. The summed E-state index contributed by atoms with van der Waals surface area (Å²) in [6.07, 6.45) is -2.55. The van der Waals surface area contributed by atoms with Gasteiger partial charge in [0.2, 0.25) is 0 Å². The van der Waals surface area contributed by atoms with Crippen LogP contribution in [0.15, 0.2) is 30.3 Å². The van der Waals surface area contributed by atoms with E-state index < -0.39 is 11.9 Å². The van der Waals surface area contributed by atoms with Gasteiger partial charge in [-0.3, -0.25) is 5.10 Å². The summed E-state index contributed by atoms with van der Waals surface area (Å²) >= 11 is 0. The van der Waals surface area contributed by atoms with Gasteiger partial charge in [-0.05, 0) is 17.2 Å². The van der Waals surface area contributed by atoms with Crippen LogP contribution in [0.4, 0.5) is 13.2 Å². The number of rotatable bonds is 1. The van der Waals surface area contributed by atoms with E-state index in [1.165, 1.54) is 0 Å². The molecule has 0 unspecified atom stereocenters. The molecule has 0 spiro atoms. The molecule has 6 heteroatoms. The second-order valence-corrected chi connectivity index (χ2v) is 4.61. The smallest absolute Gasteiger partial charge is 0.308 e. The van der Waals surface area contributed by atoms with Crippen LogP contribution < -0.4 is 5.32 Å². The Balaban J connectivity index is 2.04. The highest BCUT2D eigenvalue weighted by atomic mass is 19.4. The van der Waals surface area contributed by atoms with Crippen molar-refractivity contribution >= 4 is 11.6 Å². The van der Waals surface area contributed by atoms with E-state index in [9.17, 15) is 13.2 Å². The van der Waals surface area contributed by atoms with Crippen LogP contribution in [0.5, 0.6) is 0 Å². The topological polar surface area (TPSA) is 40.7 Å². The van der Waals surface area contributed by atoms with Crippen molar-refractivity contribution in [3.63, 3.8) is 0 Å². The third-order valence-electron chi connectivity index (χ3n) is 3.21. The summed E-state index contributed by atoms with van der Waals surface area (Å²) in [7, 11) is 0. The number of aromatic amines is 1. The molecule has 0 fully saturated rings. The lowest BCUT2D eigenvalue weighted by Crippen LogP contribution is -2.24. The van der Waals surface area contributed by atoms with Gasteiger partial charge in [0.25, 0.3) is 0 Å². The van der Waals surface area contributed by atoms with Crippen molar-refractivity contribution in [2.75, 3.05) is 6.54 Å². The van der Waals surface area contributed by atoms with Gasteiger partial charge in [0.15, 0.2) is 0 Å². The van der Waals surface area contributed by atoms with Crippen LogP contribution in [0.2, 0.25) is 0 Å². The van der Waals surface area contributed by atoms with Crippen LogP contribution in [0, 0.1) is 0 Å². The Kier molecular flexibility index (Phi) is 3.10. The van der Waals surface area contributed by atoms with Crippen molar-refractivity contribution in [3.8, 4) is 0 Å². The predicted molar refractivity (Wildman–Crippen MR) is 69.6 cm³/mol. The van der Waals surface area contributed by atoms with Gasteiger partial charge in [0.1, 0.15) is 5.69 Å². The Labute approximate surface area is 113 Å². The summed E-state index contributed by atoms with van der Waals surface area (Å²) in [6, 6.07) is 9.46. The Bertz CT molecular complexity index is 641. The van der Waals surface area contributed by atoms with Crippen LogP contribution in [0.25, 0.3) is 11.6 Å². The van der Waals surface area contributed by atoms with Gasteiger partial charge in [-0.1, -0.05) is 30.3 Å². The molecule has 1 aromatic heterocycles. The normalized spacial score (nSPS) is 17.2. The zero-order valence-corrected chi connectivity index (χ0v) is 10.5. The lowest BCUT2D eigenvalue weighted by molar-refractivity contribution is -0.141. The van der Waals surface area contributed by atoms with Crippen LogP contribution in [0.3, 0.4) is 0 Å². The van der Waals surface area contributed by atoms with Gasteiger partial charge in [-0.2, -0.15) is 18.3 Å². The van der Waals surface area contributed by atoms with Crippen molar-refractivity contribution < 1.29 is 13.2 Å². The van der Waals surface area contributed by atoms with E-state index in [2.05, 4.69) is 15.5 Å². The van der Waals surface area contributed by atoms with Crippen LogP contribution in [-0.2, 0) is 12.7 Å². The molecule has 0 amide bonds. The fourth-order valence-corrected chi connectivity index (χ4v) is 2.31. The van der Waals surface area contributed by atoms with Gasteiger partial charge >= 0.3 is 6.18 Å². The number of aromatic nitrogens is 2.